The van der Waals surface area contributed by atoms with Gasteiger partial charge in [-0.15, -0.1) is 0 Å². The van der Waals surface area contributed by atoms with Crippen LogP contribution in [0.25, 0.3) is 11.3 Å². The Kier molecular flexibility index (Phi) is 5.41. The highest BCUT2D eigenvalue weighted by Gasteiger charge is 2.22. The van der Waals surface area contributed by atoms with Crippen LogP contribution in [0.5, 0.6) is 11.5 Å². The zero-order valence-corrected chi connectivity index (χ0v) is 14.9. The van der Waals surface area contributed by atoms with Gasteiger partial charge in [0.05, 0.1) is 19.4 Å². The molecule has 0 fully saturated rings. The monoisotopic (exact) mass is 329 g/mol. The predicted molar refractivity (Wildman–Crippen MR) is 95.6 cm³/mol. The Labute approximate surface area is 144 Å². The van der Waals surface area contributed by atoms with Crippen LogP contribution >= 0.6 is 0 Å². The summed E-state index contributed by atoms with van der Waals surface area (Å²) in [5.74, 6) is 1.55. The van der Waals surface area contributed by atoms with Crippen LogP contribution in [0.15, 0.2) is 18.2 Å². The SMILES string of the molecule is CCCOc1cc(-c2n[nH]c3c2CN(CCC)CC3)ccc1OC. The summed E-state index contributed by atoms with van der Waals surface area (Å²) in [6, 6.07) is 6.07. The largest absolute Gasteiger partial charge is 0.493 e. The van der Waals surface area contributed by atoms with Gasteiger partial charge in [-0.2, -0.15) is 5.10 Å². The summed E-state index contributed by atoms with van der Waals surface area (Å²) in [5, 5.41) is 7.82. The van der Waals surface area contributed by atoms with Crippen LogP contribution in [-0.4, -0.2) is 41.9 Å². The number of H-pyrrole nitrogens is 1. The third-order valence-corrected chi connectivity index (χ3v) is 4.45. The van der Waals surface area contributed by atoms with E-state index in [-0.39, 0.29) is 0 Å². The summed E-state index contributed by atoms with van der Waals surface area (Å²) in [6.45, 7) is 8.22. The number of aromatic amines is 1. The molecule has 24 heavy (non-hydrogen) atoms. The van der Waals surface area contributed by atoms with Gasteiger partial charge in [0.25, 0.3) is 0 Å². The second-order valence-electron chi connectivity index (χ2n) is 6.27. The van der Waals surface area contributed by atoms with E-state index in [0.29, 0.717) is 6.61 Å². The molecule has 2 heterocycles. The number of hydrogen-bond acceptors (Lipinski definition) is 4. The molecule has 1 aliphatic heterocycles. The highest BCUT2D eigenvalue weighted by molar-refractivity contribution is 5.68. The maximum atomic E-state index is 5.85. The second kappa shape index (κ2) is 7.71. The lowest BCUT2D eigenvalue weighted by atomic mass is 10.0. The summed E-state index contributed by atoms with van der Waals surface area (Å²) in [5.41, 5.74) is 4.71. The van der Waals surface area contributed by atoms with Gasteiger partial charge in [0, 0.05) is 36.3 Å². The lowest BCUT2D eigenvalue weighted by molar-refractivity contribution is 0.254. The van der Waals surface area contributed by atoms with Crippen molar-refractivity contribution < 1.29 is 9.47 Å². The van der Waals surface area contributed by atoms with Crippen molar-refractivity contribution in [3.63, 3.8) is 0 Å². The fourth-order valence-electron chi connectivity index (χ4n) is 3.25. The number of fused-ring (bicyclic) bond motifs is 1. The zero-order valence-electron chi connectivity index (χ0n) is 14.9. The molecule has 0 atom stereocenters. The van der Waals surface area contributed by atoms with Crippen molar-refractivity contribution in [2.24, 2.45) is 0 Å². The van der Waals surface area contributed by atoms with Crippen molar-refractivity contribution in [3.8, 4) is 22.8 Å². The molecule has 5 nitrogen and oxygen atoms in total. The summed E-state index contributed by atoms with van der Waals surface area (Å²) in [7, 11) is 1.67. The van der Waals surface area contributed by atoms with Crippen LogP contribution in [0.4, 0.5) is 0 Å². The van der Waals surface area contributed by atoms with Gasteiger partial charge in [-0.1, -0.05) is 13.8 Å². The van der Waals surface area contributed by atoms with E-state index in [2.05, 4.69) is 35.0 Å². The Morgan fingerprint density at radius 3 is 2.83 bits per heavy atom. The molecule has 1 aromatic carbocycles. The summed E-state index contributed by atoms with van der Waals surface area (Å²) < 4.78 is 11.3. The highest BCUT2D eigenvalue weighted by Crippen LogP contribution is 2.35. The summed E-state index contributed by atoms with van der Waals surface area (Å²) in [4.78, 5) is 2.50. The number of rotatable bonds is 7. The molecular weight excluding hydrogens is 302 g/mol. The van der Waals surface area contributed by atoms with E-state index in [4.69, 9.17) is 9.47 Å². The number of aromatic nitrogens is 2. The van der Waals surface area contributed by atoms with Gasteiger partial charge in [0.15, 0.2) is 11.5 Å². The first-order valence-corrected chi connectivity index (χ1v) is 8.86. The number of benzene rings is 1. The molecular formula is C19H27N3O2. The lowest BCUT2D eigenvalue weighted by Gasteiger charge is -2.26. The fourth-order valence-corrected chi connectivity index (χ4v) is 3.25. The molecule has 130 valence electrons. The van der Waals surface area contributed by atoms with Crippen molar-refractivity contribution in [2.45, 2.75) is 39.7 Å². The molecule has 0 saturated heterocycles. The van der Waals surface area contributed by atoms with Crippen LogP contribution in [0.2, 0.25) is 0 Å². The first-order valence-electron chi connectivity index (χ1n) is 8.86. The number of nitrogens with one attached hydrogen (secondary N) is 1. The quantitative estimate of drug-likeness (QED) is 0.842. The first kappa shape index (κ1) is 16.8. The minimum atomic E-state index is 0.683. The third-order valence-electron chi connectivity index (χ3n) is 4.45. The van der Waals surface area contributed by atoms with Gasteiger partial charge >= 0.3 is 0 Å². The molecule has 0 saturated carbocycles. The van der Waals surface area contributed by atoms with Crippen molar-refractivity contribution in [2.75, 3.05) is 26.8 Å². The second-order valence-corrected chi connectivity index (χ2v) is 6.27. The zero-order chi connectivity index (χ0) is 16.9. The van der Waals surface area contributed by atoms with E-state index in [1.165, 1.54) is 17.7 Å². The van der Waals surface area contributed by atoms with Crippen LogP contribution in [-0.2, 0) is 13.0 Å². The molecule has 0 radical (unpaired) electrons. The Bertz CT molecular complexity index is 681. The van der Waals surface area contributed by atoms with E-state index in [0.717, 1.165) is 55.2 Å². The minimum absolute atomic E-state index is 0.683. The van der Waals surface area contributed by atoms with Crippen molar-refractivity contribution in [1.29, 1.82) is 0 Å². The van der Waals surface area contributed by atoms with Gasteiger partial charge in [-0.25, -0.2) is 0 Å². The van der Waals surface area contributed by atoms with Crippen LogP contribution in [0.3, 0.4) is 0 Å². The van der Waals surface area contributed by atoms with Crippen molar-refractivity contribution in [3.05, 3.63) is 29.5 Å². The first-order chi connectivity index (χ1) is 11.8. The Balaban J connectivity index is 1.91. The molecule has 2 aromatic rings. The molecule has 0 unspecified atom stereocenters. The van der Waals surface area contributed by atoms with Gasteiger partial charge in [-0.3, -0.25) is 10.00 Å². The molecule has 0 amide bonds. The lowest BCUT2D eigenvalue weighted by Crippen LogP contribution is -2.31. The van der Waals surface area contributed by atoms with Crippen LogP contribution in [0.1, 0.15) is 37.9 Å². The smallest absolute Gasteiger partial charge is 0.161 e. The number of ether oxygens (including phenoxy) is 2. The Morgan fingerprint density at radius 2 is 2.08 bits per heavy atom. The Morgan fingerprint density at radius 1 is 1.21 bits per heavy atom. The molecule has 1 N–H and O–H groups in total. The van der Waals surface area contributed by atoms with Gasteiger partial charge in [-0.05, 0) is 37.6 Å². The molecule has 1 aromatic heterocycles. The van der Waals surface area contributed by atoms with Crippen molar-refractivity contribution >= 4 is 0 Å². The van der Waals surface area contributed by atoms with Gasteiger partial charge < -0.3 is 9.47 Å². The highest BCUT2D eigenvalue weighted by atomic mass is 16.5. The normalized spacial score (nSPS) is 14.5. The molecule has 5 heteroatoms. The van der Waals surface area contributed by atoms with Gasteiger partial charge in [0.1, 0.15) is 0 Å². The van der Waals surface area contributed by atoms with E-state index < -0.39 is 0 Å². The average Bonchev–Trinajstić information content (AvgIpc) is 3.03. The number of hydrogen-bond donors (Lipinski definition) is 1. The summed E-state index contributed by atoms with van der Waals surface area (Å²) in [6.07, 6.45) is 3.19. The van der Waals surface area contributed by atoms with Gasteiger partial charge in [0.2, 0.25) is 0 Å². The van der Waals surface area contributed by atoms with E-state index in [9.17, 15) is 0 Å². The van der Waals surface area contributed by atoms with Crippen LogP contribution < -0.4 is 9.47 Å². The average molecular weight is 329 g/mol. The summed E-state index contributed by atoms with van der Waals surface area (Å²) >= 11 is 0. The maximum Gasteiger partial charge on any atom is 0.161 e. The van der Waals surface area contributed by atoms with E-state index in [1.54, 1.807) is 7.11 Å². The minimum Gasteiger partial charge on any atom is -0.493 e. The Hall–Kier alpha value is -2.01. The molecule has 1 aliphatic rings. The third kappa shape index (κ3) is 3.41. The topological polar surface area (TPSA) is 50.4 Å². The maximum absolute atomic E-state index is 5.85. The van der Waals surface area contributed by atoms with Crippen molar-refractivity contribution in [1.82, 2.24) is 15.1 Å². The fraction of sp³-hybridized carbons (Fsp3) is 0.526. The predicted octanol–water partition coefficient (Wildman–Crippen LogP) is 3.64. The van der Waals surface area contributed by atoms with E-state index in [1.807, 2.05) is 12.1 Å². The number of nitrogens with zero attached hydrogens (tertiary/aromatic N) is 2. The number of methoxy groups -OCH3 is 1. The standard InChI is InChI=1S/C19H27N3O2/c1-4-9-22-10-8-16-15(13-22)19(21-20-16)14-6-7-17(23-3)18(12-14)24-11-5-2/h6-7,12H,4-5,8-11,13H2,1-3H3,(H,20,21). The molecule has 0 aliphatic carbocycles. The van der Waals surface area contributed by atoms with Crippen LogP contribution in [0, 0.1) is 0 Å². The molecule has 0 bridgehead atoms. The molecule has 3 rings (SSSR count). The van der Waals surface area contributed by atoms with E-state index >= 15 is 0 Å². The molecule has 0 spiro atoms.